The number of thiophene rings is 1. The first-order chi connectivity index (χ1) is 8.88. The third-order valence-electron chi connectivity index (χ3n) is 3.07. The van der Waals surface area contributed by atoms with Crippen molar-refractivity contribution in [2.45, 2.75) is 33.8 Å². The SMILES string of the molecule is Cc1cc(C2=CCNC[C@@H]2OC(=O)C(C)(C)C)cs1. The van der Waals surface area contributed by atoms with Crippen LogP contribution in [0, 0.1) is 12.3 Å². The molecule has 0 spiro atoms. The summed E-state index contributed by atoms with van der Waals surface area (Å²) in [5.74, 6) is -0.154. The largest absolute Gasteiger partial charge is 0.456 e. The molecule has 1 aliphatic heterocycles. The second kappa shape index (κ2) is 5.47. The molecule has 3 nitrogen and oxygen atoms in total. The van der Waals surface area contributed by atoms with Gasteiger partial charge in [0, 0.05) is 18.0 Å². The molecule has 0 saturated heterocycles. The average Bonchev–Trinajstić information content (AvgIpc) is 2.75. The van der Waals surface area contributed by atoms with Crippen molar-refractivity contribution in [1.82, 2.24) is 5.32 Å². The van der Waals surface area contributed by atoms with E-state index in [4.69, 9.17) is 4.74 Å². The van der Waals surface area contributed by atoms with E-state index < -0.39 is 5.41 Å². The molecular formula is C15H21NO2S. The van der Waals surface area contributed by atoms with Gasteiger partial charge in [0.2, 0.25) is 0 Å². The van der Waals surface area contributed by atoms with Gasteiger partial charge in [-0.05, 0) is 50.3 Å². The molecule has 1 aromatic rings. The summed E-state index contributed by atoms with van der Waals surface area (Å²) in [6.45, 7) is 9.24. The number of hydrogen-bond acceptors (Lipinski definition) is 4. The zero-order chi connectivity index (χ0) is 14.0. The van der Waals surface area contributed by atoms with E-state index in [-0.39, 0.29) is 12.1 Å². The van der Waals surface area contributed by atoms with E-state index in [2.05, 4.69) is 29.8 Å². The lowest BCUT2D eigenvalue weighted by Crippen LogP contribution is -2.38. The zero-order valence-corrected chi connectivity index (χ0v) is 12.8. The molecular weight excluding hydrogens is 258 g/mol. The number of carbonyl (C=O) groups excluding carboxylic acids is 1. The van der Waals surface area contributed by atoms with Gasteiger partial charge in [0.05, 0.1) is 5.41 Å². The Morgan fingerprint density at radius 1 is 1.47 bits per heavy atom. The summed E-state index contributed by atoms with van der Waals surface area (Å²) in [6.07, 6.45) is 1.93. The lowest BCUT2D eigenvalue weighted by Gasteiger charge is -2.28. The van der Waals surface area contributed by atoms with Gasteiger partial charge in [-0.1, -0.05) is 6.08 Å². The van der Waals surface area contributed by atoms with Gasteiger partial charge >= 0.3 is 5.97 Å². The van der Waals surface area contributed by atoms with Crippen molar-refractivity contribution in [1.29, 1.82) is 0 Å². The van der Waals surface area contributed by atoms with Gasteiger partial charge < -0.3 is 10.1 Å². The van der Waals surface area contributed by atoms with Gasteiger partial charge in [0.25, 0.3) is 0 Å². The van der Waals surface area contributed by atoms with Crippen molar-refractivity contribution in [2.75, 3.05) is 13.1 Å². The van der Waals surface area contributed by atoms with Crippen molar-refractivity contribution >= 4 is 22.9 Å². The van der Waals surface area contributed by atoms with E-state index >= 15 is 0 Å². The van der Waals surface area contributed by atoms with Crippen LogP contribution in [0.25, 0.3) is 5.57 Å². The number of rotatable bonds is 2. The van der Waals surface area contributed by atoms with Crippen molar-refractivity contribution in [3.05, 3.63) is 28.0 Å². The molecule has 19 heavy (non-hydrogen) atoms. The van der Waals surface area contributed by atoms with Gasteiger partial charge in [-0.25, -0.2) is 0 Å². The van der Waals surface area contributed by atoms with Crippen LogP contribution in [0.15, 0.2) is 17.5 Å². The van der Waals surface area contributed by atoms with Crippen LogP contribution in [0.2, 0.25) is 0 Å². The van der Waals surface area contributed by atoms with Crippen LogP contribution in [0.1, 0.15) is 31.2 Å². The van der Waals surface area contributed by atoms with Crippen LogP contribution in [0.4, 0.5) is 0 Å². The molecule has 2 heterocycles. The minimum Gasteiger partial charge on any atom is -0.456 e. The minimum atomic E-state index is -0.465. The first-order valence-electron chi connectivity index (χ1n) is 6.55. The zero-order valence-electron chi connectivity index (χ0n) is 11.9. The molecule has 4 heteroatoms. The lowest BCUT2D eigenvalue weighted by molar-refractivity contribution is -0.155. The Morgan fingerprint density at radius 2 is 2.21 bits per heavy atom. The highest BCUT2D eigenvalue weighted by Gasteiger charge is 2.29. The first kappa shape index (κ1) is 14.3. The number of nitrogens with one attached hydrogen (secondary N) is 1. The Hall–Kier alpha value is -1.13. The average molecular weight is 279 g/mol. The summed E-state index contributed by atoms with van der Waals surface area (Å²) in [6, 6.07) is 2.15. The normalized spacial score (nSPS) is 20.0. The summed E-state index contributed by atoms with van der Waals surface area (Å²) < 4.78 is 5.67. The van der Waals surface area contributed by atoms with Gasteiger partial charge in [-0.2, -0.15) is 0 Å². The quantitative estimate of drug-likeness (QED) is 0.846. The third kappa shape index (κ3) is 3.45. The van der Waals surface area contributed by atoms with Crippen LogP contribution in [-0.4, -0.2) is 25.2 Å². The van der Waals surface area contributed by atoms with E-state index in [0.717, 1.165) is 12.1 Å². The molecule has 0 unspecified atom stereocenters. The van der Waals surface area contributed by atoms with Gasteiger partial charge in [0.1, 0.15) is 6.10 Å². The number of hydrogen-bond donors (Lipinski definition) is 1. The van der Waals surface area contributed by atoms with Crippen molar-refractivity contribution in [3.8, 4) is 0 Å². The second-order valence-electron chi connectivity index (χ2n) is 5.91. The van der Waals surface area contributed by atoms with Crippen LogP contribution in [0.3, 0.4) is 0 Å². The molecule has 2 rings (SSSR count). The topological polar surface area (TPSA) is 38.3 Å². The standard InChI is InChI=1S/C15H21NO2S/c1-10-7-11(9-19-10)12-5-6-16-8-13(12)18-14(17)15(2,3)4/h5,7,9,13,16H,6,8H2,1-4H3/t13-/m0/s1. The Labute approximate surface area is 118 Å². The van der Waals surface area contributed by atoms with Crippen LogP contribution < -0.4 is 5.32 Å². The predicted molar refractivity (Wildman–Crippen MR) is 79.2 cm³/mol. The van der Waals surface area contributed by atoms with Gasteiger partial charge in [0.15, 0.2) is 0 Å². The van der Waals surface area contributed by atoms with E-state index in [1.807, 2.05) is 20.8 Å². The van der Waals surface area contributed by atoms with Gasteiger partial charge in [-0.15, -0.1) is 11.3 Å². The first-order valence-corrected chi connectivity index (χ1v) is 7.43. The molecule has 1 atom stereocenters. The van der Waals surface area contributed by atoms with E-state index in [1.165, 1.54) is 10.4 Å². The molecule has 0 aromatic carbocycles. The summed E-state index contributed by atoms with van der Waals surface area (Å²) in [5, 5.41) is 5.38. The fraction of sp³-hybridized carbons (Fsp3) is 0.533. The maximum atomic E-state index is 12.0. The molecule has 0 bridgehead atoms. The van der Waals surface area contributed by atoms with E-state index in [9.17, 15) is 4.79 Å². The molecule has 0 saturated carbocycles. The monoisotopic (exact) mass is 279 g/mol. The summed E-state index contributed by atoms with van der Waals surface area (Å²) >= 11 is 1.72. The maximum Gasteiger partial charge on any atom is 0.311 e. The molecule has 0 fully saturated rings. The highest BCUT2D eigenvalue weighted by atomic mass is 32.1. The Bertz CT molecular complexity index is 496. The fourth-order valence-electron chi connectivity index (χ4n) is 1.95. The van der Waals surface area contributed by atoms with Gasteiger partial charge in [-0.3, -0.25) is 4.79 Å². The molecule has 1 aromatic heterocycles. The number of aryl methyl sites for hydroxylation is 1. The highest BCUT2D eigenvalue weighted by molar-refractivity contribution is 7.10. The van der Waals surface area contributed by atoms with Crippen molar-refractivity contribution in [3.63, 3.8) is 0 Å². The van der Waals surface area contributed by atoms with Crippen molar-refractivity contribution < 1.29 is 9.53 Å². The highest BCUT2D eigenvalue weighted by Crippen LogP contribution is 2.28. The molecule has 0 radical (unpaired) electrons. The molecule has 0 aliphatic carbocycles. The Morgan fingerprint density at radius 3 is 2.79 bits per heavy atom. The van der Waals surface area contributed by atoms with E-state index in [1.54, 1.807) is 11.3 Å². The number of esters is 1. The van der Waals surface area contributed by atoms with Crippen LogP contribution in [-0.2, 0) is 9.53 Å². The number of ether oxygens (including phenoxy) is 1. The Kier molecular flexibility index (Phi) is 4.11. The third-order valence-corrected chi connectivity index (χ3v) is 3.93. The molecule has 0 amide bonds. The lowest BCUT2D eigenvalue weighted by atomic mass is 9.96. The summed E-state index contributed by atoms with van der Waals surface area (Å²) in [5.41, 5.74) is 1.84. The fourth-order valence-corrected chi connectivity index (χ4v) is 2.66. The smallest absolute Gasteiger partial charge is 0.311 e. The molecule has 1 N–H and O–H groups in total. The van der Waals surface area contributed by atoms with Crippen LogP contribution in [0.5, 0.6) is 0 Å². The summed E-state index contributed by atoms with van der Waals surface area (Å²) in [7, 11) is 0. The molecule has 1 aliphatic rings. The summed E-state index contributed by atoms with van der Waals surface area (Å²) in [4.78, 5) is 13.3. The molecule has 104 valence electrons. The minimum absolute atomic E-state index is 0.154. The van der Waals surface area contributed by atoms with Crippen LogP contribution >= 0.6 is 11.3 Å². The van der Waals surface area contributed by atoms with E-state index in [0.29, 0.717) is 6.54 Å². The maximum absolute atomic E-state index is 12.0. The Balaban J connectivity index is 2.17. The number of carbonyl (C=O) groups is 1. The second-order valence-corrected chi connectivity index (χ2v) is 7.02. The van der Waals surface area contributed by atoms with Crippen molar-refractivity contribution in [2.24, 2.45) is 5.41 Å². The predicted octanol–water partition coefficient (Wildman–Crippen LogP) is 3.00.